The van der Waals surface area contributed by atoms with E-state index in [9.17, 15) is 14.4 Å². The Bertz CT molecular complexity index is 358. The highest BCUT2D eigenvalue weighted by atomic mass is 16.6. The molecule has 0 fully saturated rings. The third kappa shape index (κ3) is 9.18. The van der Waals surface area contributed by atoms with Crippen LogP contribution < -0.4 is 5.32 Å². The number of ether oxygens (including phenoxy) is 2. The maximum absolute atomic E-state index is 11.7. The zero-order valence-corrected chi connectivity index (χ0v) is 12.6. The maximum Gasteiger partial charge on any atom is 0.408 e. The second kappa shape index (κ2) is 7.72. The Hall–Kier alpha value is -1.79. The second-order valence-electron chi connectivity index (χ2n) is 5.82. The van der Waals surface area contributed by atoms with Crippen molar-refractivity contribution in [3.05, 3.63) is 0 Å². The Morgan fingerprint density at radius 1 is 1.20 bits per heavy atom. The van der Waals surface area contributed by atoms with Gasteiger partial charge in [0.2, 0.25) is 0 Å². The molecule has 116 valence electrons. The molecule has 0 aromatic heterocycles. The third-order valence-electron chi connectivity index (χ3n) is 1.91. The van der Waals surface area contributed by atoms with Gasteiger partial charge in [-0.15, -0.1) is 0 Å². The van der Waals surface area contributed by atoms with Gasteiger partial charge in [-0.3, -0.25) is 4.79 Å². The first-order valence-electron chi connectivity index (χ1n) is 6.39. The van der Waals surface area contributed by atoms with Crippen molar-refractivity contribution in [2.75, 3.05) is 6.61 Å². The summed E-state index contributed by atoms with van der Waals surface area (Å²) >= 11 is 0. The number of hydrogen-bond acceptors (Lipinski definition) is 5. The van der Waals surface area contributed by atoms with Gasteiger partial charge in [0.05, 0.1) is 13.0 Å². The molecule has 2 N–H and O–H groups in total. The fourth-order valence-corrected chi connectivity index (χ4v) is 1.17. The molecule has 0 spiro atoms. The summed E-state index contributed by atoms with van der Waals surface area (Å²) in [6.07, 6.45) is -1.42. The SMILES string of the molecule is CC(C)COC(=O)[C@@H](CC(=O)O)NC(=O)OC(C)(C)C. The van der Waals surface area contributed by atoms with Crippen LogP contribution in [0.1, 0.15) is 41.0 Å². The summed E-state index contributed by atoms with van der Waals surface area (Å²) in [6.45, 7) is 8.84. The standard InChI is InChI=1S/C13H23NO6/c1-8(2)7-19-11(17)9(6-10(15)16)14-12(18)20-13(3,4)5/h8-9H,6-7H2,1-5H3,(H,14,18)(H,15,16)/t9-/m1/s1. The van der Waals surface area contributed by atoms with Crippen molar-refractivity contribution < 1.29 is 29.0 Å². The van der Waals surface area contributed by atoms with E-state index in [2.05, 4.69) is 5.32 Å². The Labute approximate surface area is 118 Å². The summed E-state index contributed by atoms with van der Waals surface area (Å²) in [5.74, 6) is -1.88. The van der Waals surface area contributed by atoms with Crippen LogP contribution in [0, 0.1) is 5.92 Å². The van der Waals surface area contributed by atoms with Crippen LogP contribution in [0.3, 0.4) is 0 Å². The number of alkyl carbamates (subject to hydrolysis) is 1. The lowest BCUT2D eigenvalue weighted by atomic mass is 10.2. The van der Waals surface area contributed by atoms with E-state index in [-0.39, 0.29) is 12.5 Å². The number of carbonyl (C=O) groups is 3. The smallest absolute Gasteiger partial charge is 0.408 e. The van der Waals surface area contributed by atoms with Crippen molar-refractivity contribution in [1.29, 1.82) is 0 Å². The monoisotopic (exact) mass is 289 g/mol. The van der Waals surface area contributed by atoms with E-state index >= 15 is 0 Å². The molecule has 0 saturated heterocycles. The molecule has 1 atom stereocenters. The van der Waals surface area contributed by atoms with Gasteiger partial charge in [0.15, 0.2) is 0 Å². The normalized spacial score (nSPS) is 12.7. The fourth-order valence-electron chi connectivity index (χ4n) is 1.17. The molecule has 0 aliphatic carbocycles. The minimum absolute atomic E-state index is 0.117. The fraction of sp³-hybridized carbons (Fsp3) is 0.769. The molecule has 0 aliphatic heterocycles. The van der Waals surface area contributed by atoms with Crippen molar-refractivity contribution in [2.24, 2.45) is 5.92 Å². The number of carbonyl (C=O) groups excluding carboxylic acids is 2. The van der Waals surface area contributed by atoms with Crippen molar-refractivity contribution in [3.63, 3.8) is 0 Å². The summed E-state index contributed by atoms with van der Waals surface area (Å²) in [6, 6.07) is -1.26. The number of nitrogens with one attached hydrogen (secondary N) is 1. The zero-order valence-electron chi connectivity index (χ0n) is 12.6. The Balaban J connectivity index is 4.59. The van der Waals surface area contributed by atoms with Crippen molar-refractivity contribution in [1.82, 2.24) is 5.32 Å². The molecular weight excluding hydrogens is 266 g/mol. The molecule has 0 rings (SSSR count). The molecule has 20 heavy (non-hydrogen) atoms. The molecule has 0 radical (unpaired) electrons. The minimum Gasteiger partial charge on any atom is -0.481 e. The summed E-state index contributed by atoms with van der Waals surface area (Å²) in [5, 5.41) is 11.0. The maximum atomic E-state index is 11.7. The van der Waals surface area contributed by atoms with E-state index in [1.54, 1.807) is 20.8 Å². The van der Waals surface area contributed by atoms with Gasteiger partial charge in [0.25, 0.3) is 0 Å². The molecule has 0 aromatic rings. The number of carboxylic acids is 1. The second-order valence-corrected chi connectivity index (χ2v) is 5.82. The van der Waals surface area contributed by atoms with E-state index in [4.69, 9.17) is 14.6 Å². The summed E-state index contributed by atoms with van der Waals surface area (Å²) in [5.41, 5.74) is -0.736. The van der Waals surface area contributed by atoms with Crippen LogP contribution in [0.2, 0.25) is 0 Å². The topological polar surface area (TPSA) is 102 Å². The molecule has 7 heteroatoms. The van der Waals surface area contributed by atoms with E-state index in [0.29, 0.717) is 0 Å². The quantitative estimate of drug-likeness (QED) is 0.719. The lowest BCUT2D eigenvalue weighted by Gasteiger charge is -2.22. The first-order valence-corrected chi connectivity index (χ1v) is 6.39. The van der Waals surface area contributed by atoms with Gasteiger partial charge in [-0.05, 0) is 26.7 Å². The number of hydrogen-bond donors (Lipinski definition) is 2. The van der Waals surface area contributed by atoms with E-state index in [1.165, 1.54) is 0 Å². The van der Waals surface area contributed by atoms with Crippen LogP contribution in [0.4, 0.5) is 4.79 Å². The predicted molar refractivity (Wildman–Crippen MR) is 71.2 cm³/mol. The van der Waals surface area contributed by atoms with Gasteiger partial charge in [-0.25, -0.2) is 9.59 Å². The van der Waals surface area contributed by atoms with Gasteiger partial charge in [-0.2, -0.15) is 0 Å². The molecule has 7 nitrogen and oxygen atoms in total. The molecule has 0 bridgehead atoms. The van der Waals surface area contributed by atoms with Gasteiger partial charge >= 0.3 is 18.0 Å². The number of aliphatic carboxylic acids is 1. The van der Waals surface area contributed by atoms with Crippen LogP contribution in [-0.4, -0.2) is 41.4 Å². The largest absolute Gasteiger partial charge is 0.481 e. The van der Waals surface area contributed by atoms with Crippen molar-refractivity contribution >= 4 is 18.0 Å². The third-order valence-corrected chi connectivity index (χ3v) is 1.91. The van der Waals surface area contributed by atoms with Gasteiger partial charge in [0.1, 0.15) is 11.6 Å². The van der Waals surface area contributed by atoms with Gasteiger partial charge in [-0.1, -0.05) is 13.8 Å². The molecule has 0 heterocycles. The average molecular weight is 289 g/mol. The number of carboxylic acid groups (broad SMARTS) is 1. The summed E-state index contributed by atoms with van der Waals surface area (Å²) in [7, 11) is 0. The molecule has 0 aromatic carbocycles. The van der Waals surface area contributed by atoms with Crippen LogP contribution in [0.5, 0.6) is 0 Å². The highest BCUT2D eigenvalue weighted by Gasteiger charge is 2.27. The van der Waals surface area contributed by atoms with Gasteiger partial charge < -0.3 is 19.9 Å². The molecule has 1 amide bonds. The molecule has 0 unspecified atom stereocenters. The molecule has 0 aliphatic rings. The van der Waals surface area contributed by atoms with Gasteiger partial charge in [0, 0.05) is 0 Å². The first-order chi connectivity index (χ1) is 9.01. The van der Waals surface area contributed by atoms with Crippen molar-refractivity contribution in [2.45, 2.75) is 52.7 Å². The van der Waals surface area contributed by atoms with Crippen LogP contribution in [-0.2, 0) is 19.1 Å². The van der Waals surface area contributed by atoms with E-state index in [1.807, 2.05) is 13.8 Å². The number of rotatable bonds is 6. The lowest BCUT2D eigenvalue weighted by molar-refractivity contribution is -0.151. The van der Waals surface area contributed by atoms with E-state index < -0.39 is 36.1 Å². The van der Waals surface area contributed by atoms with Crippen LogP contribution in [0.25, 0.3) is 0 Å². The van der Waals surface area contributed by atoms with E-state index in [0.717, 1.165) is 0 Å². The highest BCUT2D eigenvalue weighted by molar-refractivity contribution is 5.85. The van der Waals surface area contributed by atoms with Crippen molar-refractivity contribution in [3.8, 4) is 0 Å². The number of amides is 1. The minimum atomic E-state index is -1.26. The Kier molecular flexibility index (Phi) is 7.02. The molecular formula is C13H23NO6. The predicted octanol–water partition coefficient (Wildman–Crippen LogP) is 1.55. The zero-order chi connectivity index (χ0) is 15.9. The summed E-state index contributed by atoms with van der Waals surface area (Å²) < 4.78 is 9.90. The summed E-state index contributed by atoms with van der Waals surface area (Å²) in [4.78, 5) is 34.0. The molecule has 0 saturated carbocycles. The average Bonchev–Trinajstić information content (AvgIpc) is 2.21. The first kappa shape index (κ1) is 18.2. The Morgan fingerprint density at radius 3 is 2.15 bits per heavy atom. The van der Waals surface area contributed by atoms with Crippen LogP contribution >= 0.6 is 0 Å². The number of esters is 1. The van der Waals surface area contributed by atoms with Crippen LogP contribution in [0.15, 0.2) is 0 Å². The highest BCUT2D eigenvalue weighted by Crippen LogP contribution is 2.08. The Morgan fingerprint density at radius 2 is 1.75 bits per heavy atom. The lowest BCUT2D eigenvalue weighted by Crippen LogP contribution is -2.45.